The van der Waals surface area contributed by atoms with Crippen LogP contribution < -0.4 is 5.32 Å². The minimum Gasteiger partial charge on any atom is -0.508 e. The second-order valence-electron chi connectivity index (χ2n) is 6.42. The highest BCUT2D eigenvalue weighted by molar-refractivity contribution is 5.50. The lowest BCUT2D eigenvalue weighted by atomic mass is 9.94. The van der Waals surface area contributed by atoms with E-state index in [1.54, 1.807) is 0 Å². The molecule has 0 bridgehead atoms. The number of phenols is 1. The predicted octanol–water partition coefficient (Wildman–Crippen LogP) is 4.17. The molecule has 0 aliphatic heterocycles. The van der Waals surface area contributed by atoms with Crippen molar-refractivity contribution >= 4 is 0 Å². The van der Waals surface area contributed by atoms with E-state index >= 15 is 0 Å². The van der Waals surface area contributed by atoms with Gasteiger partial charge in [-0.1, -0.05) is 32.3 Å². The first kappa shape index (κ1) is 13.0. The van der Waals surface area contributed by atoms with Gasteiger partial charge in [-0.05, 0) is 49.3 Å². The Labute approximate surface area is 116 Å². The number of fused-ring (bicyclic) bond motifs is 1. The van der Waals surface area contributed by atoms with Gasteiger partial charge in [0.15, 0.2) is 0 Å². The monoisotopic (exact) mass is 259 g/mol. The average Bonchev–Trinajstić information content (AvgIpc) is 2.73. The summed E-state index contributed by atoms with van der Waals surface area (Å²) in [6, 6.07) is 4.92. The van der Waals surface area contributed by atoms with Crippen molar-refractivity contribution in [2.45, 2.75) is 70.4 Å². The maximum atomic E-state index is 10.2. The summed E-state index contributed by atoms with van der Waals surface area (Å²) < 4.78 is 0. The van der Waals surface area contributed by atoms with Crippen molar-refractivity contribution in [2.75, 3.05) is 0 Å². The first-order chi connectivity index (χ1) is 9.16. The molecule has 1 fully saturated rings. The van der Waals surface area contributed by atoms with Crippen LogP contribution in [0.15, 0.2) is 12.1 Å². The third-order valence-corrected chi connectivity index (χ3v) is 4.95. The molecule has 104 valence electrons. The Morgan fingerprint density at radius 3 is 2.58 bits per heavy atom. The van der Waals surface area contributed by atoms with E-state index in [-0.39, 0.29) is 0 Å². The first-order valence-electron chi connectivity index (χ1n) is 7.75. The number of phenolic OH excluding ortho intramolecular Hbond substituents is 1. The molecule has 0 radical (unpaired) electrons. The van der Waals surface area contributed by atoms with Crippen molar-refractivity contribution in [1.29, 1.82) is 0 Å². The van der Waals surface area contributed by atoms with Gasteiger partial charge in [0.05, 0.1) is 0 Å². The molecule has 2 nitrogen and oxygen atoms in total. The molecule has 0 heterocycles. The zero-order valence-corrected chi connectivity index (χ0v) is 12.1. The molecule has 2 heteroatoms. The zero-order chi connectivity index (χ0) is 13.4. The third kappa shape index (κ3) is 2.38. The van der Waals surface area contributed by atoms with Crippen molar-refractivity contribution in [3.8, 4) is 5.75 Å². The van der Waals surface area contributed by atoms with E-state index in [4.69, 9.17) is 0 Å². The lowest BCUT2D eigenvalue weighted by molar-refractivity contribution is 0.329. The average molecular weight is 259 g/mol. The molecule has 1 aromatic carbocycles. The van der Waals surface area contributed by atoms with Crippen molar-refractivity contribution in [1.82, 2.24) is 5.32 Å². The van der Waals surface area contributed by atoms with Gasteiger partial charge >= 0.3 is 0 Å². The van der Waals surface area contributed by atoms with Crippen LogP contribution in [0.25, 0.3) is 0 Å². The van der Waals surface area contributed by atoms with Crippen LogP contribution in [-0.2, 0) is 0 Å². The Morgan fingerprint density at radius 1 is 1.11 bits per heavy atom. The smallest absolute Gasteiger partial charge is 0.120 e. The Hall–Kier alpha value is -1.02. The van der Waals surface area contributed by atoms with E-state index in [9.17, 15) is 5.11 Å². The molecule has 2 aliphatic carbocycles. The van der Waals surface area contributed by atoms with Crippen LogP contribution in [0.2, 0.25) is 0 Å². The van der Waals surface area contributed by atoms with E-state index in [1.807, 2.05) is 12.1 Å². The number of aromatic hydroxyl groups is 1. The molecule has 0 amide bonds. The molecule has 19 heavy (non-hydrogen) atoms. The summed E-state index contributed by atoms with van der Waals surface area (Å²) in [6.45, 7) is 4.45. The number of rotatable bonds is 2. The summed E-state index contributed by atoms with van der Waals surface area (Å²) in [5.74, 6) is 1.04. The topological polar surface area (TPSA) is 32.3 Å². The highest BCUT2D eigenvalue weighted by atomic mass is 16.3. The van der Waals surface area contributed by atoms with Gasteiger partial charge in [0.1, 0.15) is 5.75 Å². The molecule has 2 aliphatic rings. The molecule has 1 saturated carbocycles. The third-order valence-electron chi connectivity index (χ3n) is 4.95. The van der Waals surface area contributed by atoms with Gasteiger partial charge in [-0.2, -0.15) is 0 Å². The Kier molecular flexibility index (Phi) is 3.53. The number of nitrogens with one attached hydrogen (secondary N) is 1. The zero-order valence-electron chi connectivity index (χ0n) is 12.1. The summed E-state index contributed by atoms with van der Waals surface area (Å²) >= 11 is 0. The quantitative estimate of drug-likeness (QED) is 0.835. The number of hydrogen-bond acceptors (Lipinski definition) is 2. The predicted molar refractivity (Wildman–Crippen MR) is 78.6 cm³/mol. The fourth-order valence-electron chi connectivity index (χ4n) is 4.05. The summed E-state index contributed by atoms with van der Waals surface area (Å²) in [5, 5.41) is 14.0. The van der Waals surface area contributed by atoms with Gasteiger partial charge in [-0.15, -0.1) is 0 Å². The first-order valence-corrected chi connectivity index (χ1v) is 7.75. The van der Waals surface area contributed by atoms with Crippen LogP contribution in [0, 0.1) is 6.92 Å². The Morgan fingerprint density at radius 2 is 1.84 bits per heavy atom. The van der Waals surface area contributed by atoms with E-state index in [0.717, 1.165) is 6.42 Å². The van der Waals surface area contributed by atoms with Crippen LogP contribution in [-0.4, -0.2) is 11.1 Å². The number of benzene rings is 1. The van der Waals surface area contributed by atoms with Crippen LogP contribution in [0.3, 0.4) is 0 Å². The standard InChI is InChI=1S/C17H25NO/c1-11-8-9-15(19)17-14(10-12(2)16(11)17)18-13-6-4-3-5-7-13/h8-9,12-14,18-19H,3-7,10H2,1-2H3. The minimum atomic E-state index is 0.355. The summed E-state index contributed by atoms with van der Waals surface area (Å²) in [7, 11) is 0. The SMILES string of the molecule is Cc1ccc(O)c2c1C(C)CC2NC1CCCCC1. The van der Waals surface area contributed by atoms with E-state index in [1.165, 1.54) is 48.8 Å². The molecule has 1 aromatic rings. The van der Waals surface area contributed by atoms with Crippen molar-refractivity contribution in [3.05, 3.63) is 28.8 Å². The lowest BCUT2D eigenvalue weighted by Gasteiger charge is -2.27. The number of hydrogen-bond donors (Lipinski definition) is 2. The fourth-order valence-corrected chi connectivity index (χ4v) is 4.05. The van der Waals surface area contributed by atoms with E-state index in [2.05, 4.69) is 19.2 Å². The van der Waals surface area contributed by atoms with Gasteiger partial charge in [0.25, 0.3) is 0 Å². The highest BCUT2D eigenvalue weighted by Crippen LogP contribution is 2.46. The van der Waals surface area contributed by atoms with E-state index < -0.39 is 0 Å². The van der Waals surface area contributed by atoms with Gasteiger partial charge in [-0.25, -0.2) is 0 Å². The molecular weight excluding hydrogens is 234 g/mol. The second kappa shape index (κ2) is 5.16. The molecule has 0 aromatic heterocycles. The molecule has 2 N–H and O–H groups in total. The summed E-state index contributed by atoms with van der Waals surface area (Å²) in [6.07, 6.45) is 7.82. The summed E-state index contributed by atoms with van der Waals surface area (Å²) in [4.78, 5) is 0. The van der Waals surface area contributed by atoms with E-state index in [0.29, 0.717) is 23.8 Å². The van der Waals surface area contributed by atoms with Gasteiger partial charge in [0, 0.05) is 17.6 Å². The van der Waals surface area contributed by atoms with Crippen LogP contribution >= 0.6 is 0 Å². The molecule has 0 spiro atoms. The van der Waals surface area contributed by atoms with Gasteiger partial charge < -0.3 is 10.4 Å². The van der Waals surface area contributed by atoms with Crippen LogP contribution in [0.4, 0.5) is 0 Å². The summed E-state index contributed by atoms with van der Waals surface area (Å²) in [5.41, 5.74) is 3.89. The molecule has 3 rings (SSSR count). The van der Waals surface area contributed by atoms with Crippen LogP contribution in [0.1, 0.15) is 74.1 Å². The minimum absolute atomic E-state index is 0.355. The molecular formula is C17H25NO. The maximum Gasteiger partial charge on any atom is 0.120 e. The van der Waals surface area contributed by atoms with Crippen molar-refractivity contribution in [2.24, 2.45) is 0 Å². The Balaban J connectivity index is 1.84. The highest BCUT2D eigenvalue weighted by Gasteiger charge is 2.33. The molecule has 2 atom stereocenters. The van der Waals surface area contributed by atoms with Crippen LogP contribution in [0.5, 0.6) is 5.75 Å². The largest absolute Gasteiger partial charge is 0.508 e. The molecule has 2 unspecified atom stereocenters. The van der Waals surface area contributed by atoms with Gasteiger partial charge in [0.2, 0.25) is 0 Å². The van der Waals surface area contributed by atoms with Crippen molar-refractivity contribution < 1.29 is 5.11 Å². The van der Waals surface area contributed by atoms with Crippen molar-refractivity contribution in [3.63, 3.8) is 0 Å². The fraction of sp³-hybridized carbons (Fsp3) is 0.647. The van der Waals surface area contributed by atoms with Gasteiger partial charge in [-0.3, -0.25) is 0 Å². The second-order valence-corrected chi connectivity index (χ2v) is 6.42. The Bertz CT molecular complexity index is 463. The number of aryl methyl sites for hydroxylation is 1. The lowest BCUT2D eigenvalue weighted by Crippen LogP contribution is -2.33. The molecule has 0 saturated heterocycles. The normalized spacial score (nSPS) is 27.5. The maximum absolute atomic E-state index is 10.2.